The fourth-order valence-electron chi connectivity index (χ4n) is 2.89. The molecule has 5 nitrogen and oxygen atoms in total. The average molecular weight is 282 g/mol. The van der Waals surface area contributed by atoms with Crippen LogP contribution in [-0.4, -0.2) is 54.5 Å². The van der Waals surface area contributed by atoms with Crippen molar-refractivity contribution in [2.24, 2.45) is 5.92 Å². The van der Waals surface area contributed by atoms with Crippen LogP contribution in [0.25, 0.3) is 0 Å². The van der Waals surface area contributed by atoms with Gasteiger partial charge in [-0.25, -0.2) is 4.79 Å². The molecule has 0 spiro atoms. The molecule has 0 radical (unpaired) electrons. The number of nitrogens with one attached hydrogen (secondary N) is 1. The second kappa shape index (κ2) is 7.64. The number of carbonyl (C=O) groups is 1. The van der Waals surface area contributed by atoms with Gasteiger partial charge in [0.2, 0.25) is 0 Å². The van der Waals surface area contributed by atoms with Crippen LogP contribution >= 0.6 is 0 Å². The molecule has 2 N–H and O–H groups in total. The summed E-state index contributed by atoms with van der Waals surface area (Å²) in [6, 6.07) is -0.0384. The lowest BCUT2D eigenvalue weighted by Crippen LogP contribution is -2.53. The van der Waals surface area contributed by atoms with Crippen molar-refractivity contribution in [3.63, 3.8) is 0 Å². The van der Waals surface area contributed by atoms with Crippen molar-refractivity contribution in [1.29, 1.82) is 0 Å². The second-order valence-electron chi connectivity index (χ2n) is 5.84. The van der Waals surface area contributed by atoms with Crippen LogP contribution in [0.5, 0.6) is 0 Å². The van der Waals surface area contributed by atoms with Crippen molar-refractivity contribution < 1.29 is 14.6 Å². The molecule has 2 rings (SSSR count). The van der Waals surface area contributed by atoms with Gasteiger partial charge in [0.15, 0.2) is 0 Å². The lowest BCUT2D eigenvalue weighted by molar-refractivity contribution is -0.00446. The van der Waals surface area contributed by atoms with Crippen molar-refractivity contribution in [1.82, 2.24) is 10.2 Å². The highest BCUT2D eigenvalue weighted by Crippen LogP contribution is 2.18. The van der Waals surface area contributed by atoms with E-state index in [0.29, 0.717) is 32.1 Å². The number of allylic oxidation sites excluding steroid dienone is 2. The highest BCUT2D eigenvalue weighted by Gasteiger charge is 2.28. The summed E-state index contributed by atoms with van der Waals surface area (Å²) in [7, 11) is 0. The van der Waals surface area contributed by atoms with Gasteiger partial charge in [0.25, 0.3) is 0 Å². The second-order valence-corrected chi connectivity index (χ2v) is 5.84. The van der Waals surface area contributed by atoms with Crippen LogP contribution in [0.15, 0.2) is 12.2 Å². The van der Waals surface area contributed by atoms with Gasteiger partial charge in [0, 0.05) is 13.1 Å². The molecule has 5 heteroatoms. The Morgan fingerprint density at radius 1 is 1.55 bits per heavy atom. The van der Waals surface area contributed by atoms with E-state index >= 15 is 0 Å². The summed E-state index contributed by atoms with van der Waals surface area (Å²) in [5.74, 6) is 0.556. The predicted octanol–water partition coefficient (Wildman–Crippen LogP) is 1.52. The normalized spacial score (nSPS) is 28.2. The van der Waals surface area contributed by atoms with Gasteiger partial charge in [-0.3, -0.25) is 0 Å². The number of hydrogen-bond donors (Lipinski definition) is 2. The van der Waals surface area contributed by atoms with E-state index in [-0.39, 0.29) is 12.1 Å². The van der Waals surface area contributed by atoms with E-state index in [1.165, 1.54) is 0 Å². The van der Waals surface area contributed by atoms with Crippen LogP contribution < -0.4 is 5.32 Å². The number of rotatable bonds is 4. The van der Waals surface area contributed by atoms with Crippen LogP contribution in [0.3, 0.4) is 0 Å². The molecule has 2 aliphatic rings. The van der Waals surface area contributed by atoms with E-state index in [2.05, 4.69) is 17.5 Å². The molecule has 1 aliphatic heterocycles. The summed E-state index contributed by atoms with van der Waals surface area (Å²) in [6.07, 6.45) is 7.88. The molecule has 20 heavy (non-hydrogen) atoms. The standard InChI is InChI=1S/C15H26N2O3/c1-12(18)9-14-11-20-8-7-17(14)15(19)16-10-13-5-3-2-4-6-13/h2-3,12-14,18H,4-11H2,1H3,(H,16,19)/t12-,13-,14+/m0/s1. The number of carbonyl (C=O) groups excluding carboxylic acids is 1. The van der Waals surface area contributed by atoms with E-state index in [4.69, 9.17) is 4.74 Å². The molecule has 1 saturated heterocycles. The molecule has 1 heterocycles. The molecule has 2 amide bonds. The zero-order valence-electron chi connectivity index (χ0n) is 12.3. The van der Waals surface area contributed by atoms with E-state index in [1.54, 1.807) is 6.92 Å². The minimum Gasteiger partial charge on any atom is -0.393 e. The Morgan fingerprint density at radius 2 is 2.40 bits per heavy atom. The molecule has 0 aromatic heterocycles. The van der Waals surface area contributed by atoms with Gasteiger partial charge in [-0.2, -0.15) is 0 Å². The Hall–Kier alpha value is -1.07. The Labute approximate surface area is 121 Å². The first-order valence-corrected chi connectivity index (χ1v) is 7.62. The fraction of sp³-hybridized carbons (Fsp3) is 0.800. The summed E-state index contributed by atoms with van der Waals surface area (Å²) >= 11 is 0. The SMILES string of the molecule is C[C@H](O)C[C@@H]1COCCN1C(=O)NC[C@H]1CC=CCC1. The van der Waals surface area contributed by atoms with Gasteiger partial charge in [0.1, 0.15) is 0 Å². The Kier molecular flexibility index (Phi) is 5.86. The third-order valence-electron chi connectivity index (χ3n) is 4.02. The lowest BCUT2D eigenvalue weighted by atomic mass is 9.94. The van der Waals surface area contributed by atoms with E-state index in [9.17, 15) is 9.90 Å². The maximum absolute atomic E-state index is 12.3. The predicted molar refractivity (Wildman–Crippen MR) is 77.5 cm³/mol. The van der Waals surface area contributed by atoms with E-state index in [1.807, 2.05) is 4.90 Å². The number of hydrogen-bond acceptors (Lipinski definition) is 3. The van der Waals surface area contributed by atoms with Crippen LogP contribution in [-0.2, 0) is 4.74 Å². The summed E-state index contributed by atoms with van der Waals surface area (Å²) in [4.78, 5) is 14.1. The summed E-state index contributed by atoms with van der Waals surface area (Å²) in [5, 5.41) is 12.6. The Bertz CT molecular complexity index is 344. The van der Waals surface area contributed by atoms with E-state index in [0.717, 1.165) is 25.8 Å². The average Bonchev–Trinajstić information content (AvgIpc) is 2.46. The highest BCUT2D eigenvalue weighted by atomic mass is 16.5. The molecular formula is C15H26N2O3. The van der Waals surface area contributed by atoms with Gasteiger partial charge in [-0.05, 0) is 38.5 Å². The van der Waals surface area contributed by atoms with Crippen LogP contribution in [0.2, 0.25) is 0 Å². The molecule has 3 atom stereocenters. The quantitative estimate of drug-likeness (QED) is 0.769. The van der Waals surface area contributed by atoms with Crippen molar-refractivity contribution in [3.8, 4) is 0 Å². The van der Waals surface area contributed by atoms with Crippen molar-refractivity contribution in [2.45, 2.75) is 44.8 Å². The molecule has 1 fully saturated rings. The first-order chi connectivity index (χ1) is 9.66. The third-order valence-corrected chi connectivity index (χ3v) is 4.02. The number of morpholine rings is 1. The zero-order valence-corrected chi connectivity index (χ0v) is 12.3. The minimum atomic E-state index is -0.416. The van der Waals surface area contributed by atoms with Crippen LogP contribution in [0, 0.1) is 5.92 Å². The van der Waals surface area contributed by atoms with Crippen LogP contribution in [0.1, 0.15) is 32.6 Å². The first-order valence-electron chi connectivity index (χ1n) is 7.62. The van der Waals surface area contributed by atoms with Crippen LogP contribution in [0.4, 0.5) is 4.79 Å². The molecule has 0 aromatic rings. The smallest absolute Gasteiger partial charge is 0.317 e. The van der Waals surface area contributed by atoms with Gasteiger partial charge >= 0.3 is 6.03 Å². The van der Waals surface area contributed by atoms with Gasteiger partial charge in [-0.1, -0.05) is 12.2 Å². The topological polar surface area (TPSA) is 61.8 Å². The maximum atomic E-state index is 12.3. The fourth-order valence-corrected chi connectivity index (χ4v) is 2.89. The number of amides is 2. The summed E-state index contributed by atoms with van der Waals surface area (Å²) in [5.41, 5.74) is 0. The van der Waals surface area contributed by atoms with Gasteiger partial charge in [-0.15, -0.1) is 0 Å². The third kappa shape index (κ3) is 4.49. The molecule has 0 saturated carbocycles. The lowest BCUT2D eigenvalue weighted by Gasteiger charge is -2.36. The van der Waals surface area contributed by atoms with Gasteiger partial charge < -0.3 is 20.1 Å². The molecule has 114 valence electrons. The summed E-state index contributed by atoms with van der Waals surface area (Å²) in [6.45, 7) is 4.19. The Balaban J connectivity index is 1.80. The molecule has 0 unspecified atom stereocenters. The minimum absolute atomic E-state index is 0.0185. The highest BCUT2D eigenvalue weighted by molar-refractivity contribution is 5.74. The first kappa shape index (κ1) is 15.3. The Morgan fingerprint density at radius 3 is 3.10 bits per heavy atom. The number of aliphatic hydroxyl groups is 1. The monoisotopic (exact) mass is 282 g/mol. The van der Waals surface area contributed by atoms with Crippen molar-refractivity contribution in [2.75, 3.05) is 26.3 Å². The molecule has 1 aliphatic carbocycles. The van der Waals surface area contributed by atoms with Gasteiger partial charge in [0.05, 0.1) is 25.4 Å². The van der Waals surface area contributed by atoms with E-state index < -0.39 is 6.10 Å². The maximum Gasteiger partial charge on any atom is 0.317 e. The number of urea groups is 1. The van der Waals surface area contributed by atoms with Crippen molar-refractivity contribution in [3.05, 3.63) is 12.2 Å². The summed E-state index contributed by atoms with van der Waals surface area (Å²) < 4.78 is 5.42. The largest absolute Gasteiger partial charge is 0.393 e. The van der Waals surface area contributed by atoms with Crippen molar-refractivity contribution >= 4 is 6.03 Å². The number of nitrogens with zero attached hydrogens (tertiary/aromatic N) is 1. The molecule has 0 bridgehead atoms. The molecule has 0 aromatic carbocycles. The molecular weight excluding hydrogens is 256 g/mol. The number of ether oxygens (including phenoxy) is 1. The number of aliphatic hydroxyl groups excluding tert-OH is 1. The zero-order chi connectivity index (χ0) is 14.4.